The number of carbonyl (C=O) groups is 4. The van der Waals surface area contributed by atoms with E-state index in [1.807, 2.05) is 97.1 Å². The number of amides is 4. The molecule has 15 rings (SSSR count). The van der Waals surface area contributed by atoms with Gasteiger partial charge in [0.2, 0.25) is 0 Å². The highest BCUT2D eigenvalue weighted by Crippen LogP contribution is 2.43. The van der Waals surface area contributed by atoms with Crippen molar-refractivity contribution in [1.82, 2.24) is 9.13 Å². The van der Waals surface area contributed by atoms with Crippen LogP contribution in [0.3, 0.4) is 0 Å². The summed E-state index contributed by atoms with van der Waals surface area (Å²) in [7, 11) is 0. The lowest BCUT2D eigenvalue weighted by atomic mass is 10.0. The third-order valence-electron chi connectivity index (χ3n) is 15.6. The molecule has 4 heterocycles. The van der Waals surface area contributed by atoms with Crippen molar-refractivity contribution in [3.63, 3.8) is 0 Å². The summed E-state index contributed by atoms with van der Waals surface area (Å²) in [5.41, 5.74) is 15.1. The normalized spacial score (nSPS) is 13.2. The summed E-state index contributed by atoms with van der Waals surface area (Å²) in [5.74, 6) is -1.88. The molecule has 78 heavy (non-hydrogen) atoms. The SMILES string of the molecule is O=C1c2cccc(-n3c4ccc(-c5ccccc5)cc4c4cc(-c5ccccc5)ccc43)c2C(=O)N1c1ccc(N2C(=O)c3cccc(-n4c5ccc(-c6ccccc6)cc5c5cc(-c6ccccc6)ccc54)c3C2=O)cc1. The van der Waals surface area contributed by atoms with E-state index in [1.54, 1.807) is 36.4 Å². The van der Waals surface area contributed by atoms with Gasteiger partial charge in [-0.2, -0.15) is 0 Å². The third kappa shape index (κ3) is 6.80. The standard InChI is InChI=1S/C70H42N4O4/c75-67-53-23-13-25-63(73-59-35-27-47(43-15-5-1-6-16-43)39-55(59)56-40-48(28-36-60(56)73)44-17-7-2-8-18-44)65(53)69(77)71(67)51-31-33-52(34-32-51)72-68(76)54-24-14-26-64(66(54)70(72)78)74-61-37-29-49(45-19-9-3-10-20-45)41-57(61)58-42-50(30-38-62(58)74)46-21-11-4-12-22-46/h1-42H. The molecule has 8 heteroatoms. The predicted octanol–water partition coefficient (Wildman–Crippen LogP) is 16.1. The van der Waals surface area contributed by atoms with Crippen molar-refractivity contribution in [2.24, 2.45) is 0 Å². The van der Waals surface area contributed by atoms with Gasteiger partial charge in [0.05, 0.1) is 67.1 Å². The zero-order valence-electron chi connectivity index (χ0n) is 41.7. The number of imide groups is 2. The molecule has 2 aromatic heterocycles. The Bertz CT molecular complexity index is 4190. The molecule has 4 amide bonds. The summed E-state index contributed by atoms with van der Waals surface area (Å²) in [6.07, 6.45) is 0. The number of anilines is 2. The van der Waals surface area contributed by atoms with Crippen LogP contribution in [0.1, 0.15) is 41.4 Å². The van der Waals surface area contributed by atoms with Gasteiger partial charge in [-0.15, -0.1) is 0 Å². The first-order valence-corrected chi connectivity index (χ1v) is 25.9. The van der Waals surface area contributed by atoms with Crippen molar-refractivity contribution >= 4 is 78.6 Å². The first-order valence-electron chi connectivity index (χ1n) is 25.9. The molecule has 0 spiro atoms. The third-order valence-corrected chi connectivity index (χ3v) is 15.6. The van der Waals surface area contributed by atoms with Crippen molar-refractivity contribution < 1.29 is 19.2 Å². The van der Waals surface area contributed by atoms with Crippen molar-refractivity contribution in [3.8, 4) is 55.9 Å². The number of fused-ring (bicyclic) bond motifs is 8. The van der Waals surface area contributed by atoms with Crippen molar-refractivity contribution in [2.45, 2.75) is 0 Å². The van der Waals surface area contributed by atoms with Crippen molar-refractivity contribution in [2.75, 3.05) is 9.80 Å². The second-order valence-electron chi connectivity index (χ2n) is 19.9. The molecule has 8 nitrogen and oxygen atoms in total. The number of nitrogens with zero attached hydrogens (tertiary/aromatic N) is 4. The molecular formula is C70H42N4O4. The predicted molar refractivity (Wildman–Crippen MR) is 312 cm³/mol. The van der Waals surface area contributed by atoms with Crippen LogP contribution < -0.4 is 9.80 Å². The number of carbonyl (C=O) groups excluding carboxylic acids is 4. The van der Waals surface area contributed by atoms with Crippen LogP contribution in [-0.2, 0) is 0 Å². The molecule has 0 saturated carbocycles. The number of benzene rings is 11. The van der Waals surface area contributed by atoms with Gasteiger partial charge in [0.15, 0.2) is 0 Å². The number of hydrogen-bond acceptors (Lipinski definition) is 4. The summed E-state index contributed by atoms with van der Waals surface area (Å²) >= 11 is 0. The number of hydrogen-bond donors (Lipinski definition) is 0. The molecule has 0 N–H and O–H groups in total. The van der Waals surface area contributed by atoms with Crippen LogP contribution in [0.5, 0.6) is 0 Å². The van der Waals surface area contributed by atoms with Crippen LogP contribution >= 0.6 is 0 Å². The number of aromatic nitrogens is 2. The second kappa shape index (κ2) is 17.4. The second-order valence-corrected chi connectivity index (χ2v) is 19.9. The maximum Gasteiger partial charge on any atom is 0.268 e. The Morgan fingerprint density at radius 3 is 0.795 bits per heavy atom. The summed E-state index contributed by atoms with van der Waals surface area (Å²) < 4.78 is 4.18. The van der Waals surface area contributed by atoms with Gasteiger partial charge in [0.25, 0.3) is 23.6 Å². The lowest BCUT2D eigenvalue weighted by Crippen LogP contribution is -2.31. The Hall–Kier alpha value is -10.7. The minimum atomic E-state index is -0.474. The molecule has 0 unspecified atom stereocenters. The van der Waals surface area contributed by atoms with E-state index in [1.165, 1.54) is 9.80 Å². The van der Waals surface area contributed by atoms with E-state index in [-0.39, 0.29) is 22.3 Å². The van der Waals surface area contributed by atoms with Gasteiger partial charge in [0.1, 0.15) is 0 Å². The Morgan fingerprint density at radius 2 is 0.513 bits per heavy atom. The molecule has 11 aromatic carbocycles. The van der Waals surface area contributed by atoms with Gasteiger partial charge < -0.3 is 9.13 Å². The van der Waals surface area contributed by atoms with Crippen LogP contribution in [0.4, 0.5) is 11.4 Å². The molecule has 2 aliphatic rings. The first-order chi connectivity index (χ1) is 38.4. The number of rotatable bonds is 8. The molecule has 366 valence electrons. The van der Waals surface area contributed by atoms with Crippen LogP contribution in [0.25, 0.3) is 99.5 Å². The molecule has 0 atom stereocenters. The Kier molecular flexibility index (Phi) is 10.0. The fourth-order valence-corrected chi connectivity index (χ4v) is 11.9. The van der Waals surface area contributed by atoms with Gasteiger partial charge in [-0.3, -0.25) is 19.2 Å². The monoisotopic (exact) mass is 1000 g/mol. The fourth-order valence-electron chi connectivity index (χ4n) is 11.9. The van der Waals surface area contributed by atoms with E-state index in [0.717, 1.165) is 88.1 Å². The largest absolute Gasteiger partial charge is 0.308 e. The topological polar surface area (TPSA) is 84.6 Å². The molecule has 0 radical (unpaired) electrons. The summed E-state index contributed by atoms with van der Waals surface area (Å²) in [6, 6.07) is 83.9. The lowest BCUT2D eigenvalue weighted by Gasteiger charge is -2.18. The molecule has 2 aliphatic heterocycles. The molecule has 0 bridgehead atoms. The van der Waals surface area contributed by atoms with Gasteiger partial charge in [-0.25, -0.2) is 9.80 Å². The highest BCUT2D eigenvalue weighted by Gasteiger charge is 2.42. The quantitative estimate of drug-likeness (QED) is 0.142. The minimum absolute atomic E-state index is 0.281. The smallest absolute Gasteiger partial charge is 0.268 e. The molecule has 0 aliphatic carbocycles. The Balaban J connectivity index is 0.789. The van der Waals surface area contributed by atoms with Crippen molar-refractivity contribution in [3.05, 3.63) is 277 Å². The first kappa shape index (κ1) is 44.8. The maximum absolute atomic E-state index is 15.0. The van der Waals surface area contributed by atoms with Gasteiger partial charge in [-0.1, -0.05) is 158 Å². The van der Waals surface area contributed by atoms with E-state index >= 15 is 0 Å². The lowest BCUT2D eigenvalue weighted by molar-refractivity contribution is 0.0909. The van der Waals surface area contributed by atoms with E-state index in [9.17, 15) is 19.2 Å². The van der Waals surface area contributed by atoms with Crippen LogP contribution in [0.2, 0.25) is 0 Å². The van der Waals surface area contributed by atoms with E-state index in [4.69, 9.17) is 0 Å². The van der Waals surface area contributed by atoms with Gasteiger partial charge in [-0.05, 0) is 142 Å². The van der Waals surface area contributed by atoms with Gasteiger partial charge >= 0.3 is 0 Å². The summed E-state index contributed by atoms with van der Waals surface area (Å²) in [6.45, 7) is 0. The minimum Gasteiger partial charge on any atom is -0.308 e. The maximum atomic E-state index is 15.0. The molecular weight excluding hydrogens is 961 g/mol. The van der Waals surface area contributed by atoms with E-state index in [0.29, 0.717) is 22.7 Å². The fraction of sp³-hybridized carbons (Fsp3) is 0. The van der Waals surface area contributed by atoms with Crippen LogP contribution in [-0.4, -0.2) is 32.8 Å². The highest BCUT2D eigenvalue weighted by molar-refractivity contribution is 6.37. The Labute approximate surface area is 447 Å². The van der Waals surface area contributed by atoms with E-state index < -0.39 is 23.6 Å². The zero-order valence-corrected chi connectivity index (χ0v) is 41.7. The van der Waals surface area contributed by atoms with E-state index in [2.05, 4.69) is 130 Å². The summed E-state index contributed by atoms with van der Waals surface area (Å²) in [5, 5.41) is 4.04. The zero-order chi connectivity index (χ0) is 52.2. The average molecular weight is 1000 g/mol. The summed E-state index contributed by atoms with van der Waals surface area (Å²) in [4.78, 5) is 61.4. The van der Waals surface area contributed by atoms with Crippen LogP contribution in [0, 0.1) is 0 Å². The highest BCUT2D eigenvalue weighted by atomic mass is 16.2. The Morgan fingerprint density at radius 1 is 0.231 bits per heavy atom. The molecule has 0 fully saturated rings. The molecule has 13 aromatic rings. The molecule has 0 saturated heterocycles. The average Bonchev–Trinajstić information content (AvgIpc) is 4.34. The van der Waals surface area contributed by atoms with Gasteiger partial charge in [0, 0.05) is 21.5 Å². The van der Waals surface area contributed by atoms with Crippen molar-refractivity contribution in [1.29, 1.82) is 0 Å². The van der Waals surface area contributed by atoms with Crippen LogP contribution in [0.15, 0.2) is 255 Å².